The van der Waals surface area contributed by atoms with E-state index in [4.69, 9.17) is 10.5 Å². The molecule has 0 spiro atoms. The molecule has 5 heteroatoms. The number of ether oxygens (including phenoxy) is 1. The van der Waals surface area contributed by atoms with Crippen LogP contribution in [0.5, 0.6) is 0 Å². The second kappa shape index (κ2) is 6.31. The summed E-state index contributed by atoms with van der Waals surface area (Å²) >= 11 is 0. The van der Waals surface area contributed by atoms with E-state index < -0.39 is 9.84 Å². The molecule has 0 saturated carbocycles. The average molecular weight is 271 g/mol. The Labute approximate surface area is 109 Å². The Kier molecular flexibility index (Phi) is 5.31. The van der Waals surface area contributed by atoms with E-state index in [0.29, 0.717) is 11.5 Å². The first-order valence-electron chi connectivity index (χ1n) is 5.90. The zero-order chi connectivity index (χ0) is 13.8. The van der Waals surface area contributed by atoms with E-state index in [1.165, 1.54) is 6.26 Å². The van der Waals surface area contributed by atoms with Crippen LogP contribution in [0.3, 0.4) is 0 Å². The molecule has 18 heavy (non-hydrogen) atoms. The third-order valence-electron chi connectivity index (χ3n) is 3.08. The lowest BCUT2D eigenvalue weighted by Crippen LogP contribution is -2.20. The smallest absolute Gasteiger partial charge is 0.175 e. The van der Waals surface area contributed by atoms with Crippen LogP contribution < -0.4 is 5.73 Å². The number of hydrogen-bond acceptors (Lipinski definition) is 4. The fourth-order valence-corrected chi connectivity index (χ4v) is 2.38. The highest BCUT2D eigenvalue weighted by atomic mass is 32.2. The number of benzene rings is 1. The van der Waals surface area contributed by atoms with Crippen LogP contribution in [-0.2, 0) is 14.6 Å². The number of hydrogen-bond donors (Lipinski definition) is 1. The Morgan fingerprint density at radius 2 is 1.83 bits per heavy atom. The molecule has 0 aromatic heterocycles. The first-order valence-corrected chi connectivity index (χ1v) is 7.80. The molecule has 1 rings (SSSR count). The van der Waals surface area contributed by atoms with Gasteiger partial charge in [-0.15, -0.1) is 0 Å². The van der Waals surface area contributed by atoms with Gasteiger partial charge in [0.1, 0.15) is 0 Å². The standard InChI is InChI=1S/C13H21NO3S/c1-10(8-9-17-2)13(14)11-4-6-12(7-5-11)18(3,15)16/h4-7,10,13H,8-9,14H2,1-3H3. The number of sulfone groups is 1. The Morgan fingerprint density at radius 1 is 1.28 bits per heavy atom. The monoisotopic (exact) mass is 271 g/mol. The molecule has 4 nitrogen and oxygen atoms in total. The van der Waals surface area contributed by atoms with Crippen LogP contribution in [0.15, 0.2) is 29.2 Å². The molecule has 2 atom stereocenters. The van der Waals surface area contributed by atoms with Crippen molar-refractivity contribution >= 4 is 9.84 Å². The van der Waals surface area contributed by atoms with Gasteiger partial charge in [-0.05, 0) is 30.0 Å². The summed E-state index contributed by atoms with van der Waals surface area (Å²) in [5, 5.41) is 0. The predicted octanol–water partition coefficient (Wildman–Crippen LogP) is 1.76. The van der Waals surface area contributed by atoms with Crippen molar-refractivity contribution in [2.45, 2.75) is 24.3 Å². The number of methoxy groups -OCH3 is 1. The first kappa shape index (κ1) is 15.1. The van der Waals surface area contributed by atoms with E-state index in [2.05, 4.69) is 6.92 Å². The molecule has 0 saturated heterocycles. The van der Waals surface area contributed by atoms with E-state index in [0.717, 1.165) is 12.0 Å². The maximum absolute atomic E-state index is 11.3. The van der Waals surface area contributed by atoms with Gasteiger partial charge in [0.25, 0.3) is 0 Å². The van der Waals surface area contributed by atoms with Gasteiger partial charge in [-0.25, -0.2) is 8.42 Å². The van der Waals surface area contributed by atoms with Crippen molar-refractivity contribution in [1.29, 1.82) is 0 Å². The van der Waals surface area contributed by atoms with Crippen LogP contribution in [-0.4, -0.2) is 28.4 Å². The largest absolute Gasteiger partial charge is 0.385 e. The van der Waals surface area contributed by atoms with Crippen molar-refractivity contribution in [3.8, 4) is 0 Å². The molecular formula is C13H21NO3S. The minimum absolute atomic E-state index is 0.103. The van der Waals surface area contributed by atoms with E-state index in [-0.39, 0.29) is 12.0 Å². The topological polar surface area (TPSA) is 69.4 Å². The van der Waals surface area contributed by atoms with Gasteiger partial charge in [0.2, 0.25) is 0 Å². The van der Waals surface area contributed by atoms with Crippen LogP contribution >= 0.6 is 0 Å². The molecule has 2 unspecified atom stereocenters. The van der Waals surface area contributed by atoms with Gasteiger partial charge in [-0.2, -0.15) is 0 Å². The van der Waals surface area contributed by atoms with Crippen molar-refractivity contribution in [2.75, 3.05) is 20.0 Å². The Morgan fingerprint density at radius 3 is 2.28 bits per heavy atom. The summed E-state index contributed by atoms with van der Waals surface area (Å²) < 4.78 is 27.7. The summed E-state index contributed by atoms with van der Waals surface area (Å²) in [5.74, 6) is 0.286. The fraction of sp³-hybridized carbons (Fsp3) is 0.538. The van der Waals surface area contributed by atoms with Gasteiger partial charge in [-0.3, -0.25) is 0 Å². The Hall–Kier alpha value is -0.910. The first-order chi connectivity index (χ1) is 8.36. The van der Waals surface area contributed by atoms with Gasteiger partial charge in [0.15, 0.2) is 9.84 Å². The lowest BCUT2D eigenvalue weighted by atomic mass is 9.93. The van der Waals surface area contributed by atoms with E-state index in [1.54, 1.807) is 31.4 Å². The van der Waals surface area contributed by atoms with Gasteiger partial charge < -0.3 is 10.5 Å². The van der Waals surface area contributed by atoms with Gasteiger partial charge >= 0.3 is 0 Å². The molecule has 102 valence electrons. The van der Waals surface area contributed by atoms with Crippen molar-refractivity contribution in [3.05, 3.63) is 29.8 Å². The van der Waals surface area contributed by atoms with Crippen LogP contribution in [0.25, 0.3) is 0 Å². The molecule has 0 amide bonds. The maximum Gasteiger partial charge on any atom is 0.175 e. The number of nitrogens with two attached hydrogens (primary N) is 1. The van der Waals surface area contributed by atoms with Crippen LogP contribution in [0.4, 0.5) is 0 Å². The lowest BCUT2D eigenvalue weighted by molar-refractivity contribution is 0.174. The second-order valence-corrected chi connectivity index (χ2v) is 6.64. The highest BCUT2D eigenvalue weighted by Gasteiger charge is 2.15. The number of rotatable bonds is 6. The Bertz CT molecular complexity index is 468. The summed E-state index contributed by atoms with van der Waals surface area (Å²) in [4.78, 5) is 0.322. The van der Waals surface area contributed by atoms with Crippen LogP contribution in [0.2, 0.25) is 0 Å². The summed E-state index contributed by atoms with van der Waals surface area (Å²) in [6.07, 6.45) is 2.08. The van der Waals surface area contributed by atoms with Gasteiger partial charge in [-0.1, -0.05) is 19.1 Å². The lowest BCUT2D eigenvalue weighted by Gasteiger charge is -2.20. The van der Waals surface area contributed by atoms with Gasteiger partial charge in [0, 0.05) is 26.0 Å². The van der Waals surface area contributed by atoms with Gasteiger partial charge in [0.05, 0.1) is 4.90 Å². The fourth-order valence-electron chi connectivity index (χ4n) is 1.75. The summed E-state index contributed by atoms with van der Waals surface area (Å²) in [7, 11) is -1.47. The molecule has 2 N–H and O–H groups in total. The molecule has 0 heterocycles. The van der Waals surface area contributed by atoms with Crippen molar-refractivity contribution in [1.82, 2.24) is 0 Å². The SMILES string of the molecule is COCCC(C)C(N)c1ccc(S(C)(=O)=O)cc1. The molecule has 0 aliphatic heterocycles. The highest BCUT2D eigenvalue weighted by molar-refractivity contribution is 7.90. The molecule has 0 bridgehead atoms. The Balaban J connectivity index is 2.79. The summed E-state index contributed by atoms with van der Waals surface area (Å²) in [5.41, 5.74) is 7.08. The zero-order valence-electron chi connectivity index (χ0n) is 11.1. The third-order valence-corrected chi connectivity index (χ3v) is 4.21. The quantitative estimate of drug-likeness (QED) is 0.856. The maximum atomic E-state index is 11.3. The van der Waals surface area contributed by atoms with E-state index >= 15 is 0 Å². The minimum atomic E-state index is -3.14. The molecule has 0 fully saturated rings. The molecule has 0 aliphatic rings. The van der Waals surface area contributed by atoms with Crippen LogP contribution in [0.1, 0.15) is 24.9 Å². The second-order valence-electron chi connectivity index (χ2n) is 4.63. The summed E-state index contributed by atoms with van der Waals surface area (Å²) in [6.45, 7) is 2.74. The van der Waals surface area contributed by atoms with E-state index in [1.807, 2.05) is 0 Å². The van der Waals surface area contributed by atoms with E-state index in [9.17, 15) is 8.42 Å². The predicted molar refractivity (Wildman–Crippen MR) is 72.1 cm³/mol. The molecule has 0 radical (unpaired) electrons. The molecule has 0 aliphatic carbocycles. The zero-order valence-corrected chi connectivity index (χ0v) is 11.9. The van der Waals surface area contributed by atoms with Crippen molar-refractivity contribution in [3.63, 3.8) is 0 Å². The minimum Gasteiger partial charge on any atom is -0.385 e. The molecule has 1 aromatic rings. The average Bonchev–Trinajstić information content (AvgIpc) is 2.34. The summed E-state index contributed by atoms with van der Waals surface area (Å²) in [6, 6.07) is 6.67. The highest BCUT2D eigenvalue weighted by Crippen LogP contribution is 2.23. The van der Waals surface area contributed by atoms with Crippen molar-refractivity contribution < 1.29 is 13.2 Å². The molecule has 1 aromatic carbocycles. The normalized spacial score (nSPS) is 15.3. The van der Waals surface area contributed by atoms with Crippen LogP contribution in [0, 0.1) is 5.92 Å². The molecular weight excluding hydrogens is 250 g/mol. The third kappa shape index (κ3) is 4.08. The van der Waals surface area contributed by atoms with Crippen molar-refractivity contribution in [2.24, 2.45) is 11.7 Å².